The molecule has 33 heavy (non-hydrogen) atoms. The lowest BCUT2D eigenvalue weighted by molar-refractivity contribution is -0.156. The summed E-state index contributed by atoms with van der Waals surface area (Å²) in [6, 6.07) is 17.2. The van der Waals surface area contributed by atoms with Crippen LogP contribution < -0.4 is 5.32 Å². The summed E-state index contributed by atoms with van der Waals surface area (Å²) in [5.41, 5.74) is 1.67. The molecule has 0 aliphatic carbocycles. The van der Waals surface area contributed by atoms with Crippen LogP contribution in [-0.4, -0.2) is 84.4 Å². The molecule has 3 saturated heterocycles. The van der Waals surface area contributed by atoms with E-state index in [2.05, 4.69) is 5.32 Å². The number of hydrogen-bond donors (Lipinski definition) is 1. The zero-order valence-corrected chi connectivity index (χ0v) is 18.4. The van der Waals surface area contributed by atoms with Gasteiger partial charge in [-0.05, 0) is 11.1 Å². The van der Waals surface area contributed by atoms with E-state index < -0.39 is 18.1 Å². The average molecular weight is 449 g/mol. The third kappa shape index (κ3) is 4.24. The van der Waals surface area contributed by atoms with Crippen molar-refractivity contribution >= 4 is 17.7 Å². The maximum atomic E-state index is 13.6. The Kier molecular flexibility index (Phi) is 6.11. The second kappa shape index (κ2) is 9.33. The fraction of sp³-hybridized carbons (Fsp3) is 0.400. The molecule has 3 heterocycles. The molecule has 8 heteroatoms. The van der Waals surface area contributed by atoms with Gasteiger partial charge in [0.15, 0.2) is 0 Å². The number of carbonyl (C=O) groups is 3. The largest absolute Gasteiger partial charge is 0.378 e. The van der Waals surface area contributed by atoms with E-state index in [1.807, 2.05) is 70.5 Å². The standard InChI is InChI=1S/C25H28N4O4/c30-23-20-17-28(11-12-29(20)24(31)21(26-23)18-7-3-1-4-8-18)22(19-9-5-2-6-10-19)25(32)27-13-15-33-16-14-27/h1-10,20-22H,11-17H2,(H,26,30)/t20-,21+,22?/m1/s1. The van der Waals surface area contributed by atoms with Crippen LogP contribution in [0.4, 0.5) is 0 Å². The van der Waals surface area contributed by atoms with E-state index >= 15 is 0 Å². The minimum atomic E-state index is -0.665. The highest BCUT2D eigenvalue weighted by atomic mass is 16.5. The Hall–Kier alpha value is -3.23. The topological polar surface area (TPSA) is 82.2 Å². The molecule has 2 aromatic rings. The summed E-state index contributed by atoms with van der Waals surface area (Å²) in [4.78, 5) is 45.5. The molecular formula is C25H28N4O4. The third-order valence-electron chi connectivity index (χ3n) is 6.70. The number of morpholine rings is 1. The molecule has 0 saturated carbocycles. The molecular weight excluding hydrogens is 420 g/mol. The Balaban J connectivity index is 1.38. The van der Waals surface area contributed by atoms with Crippen molar-refractivity contribution in [2.75, 3.05) is 45.9 Å². The lowest BCUT2D eigenvalue weighted by Crippen LogP contribution is -2.67. The van der Waals surface area contributed by atoms with Crippen LogP contribution in [0.1, 0.15) is 23.2 Å². The summed E-state index contributed by atoms with van der Waals surface area (Å²) in [5.74, 6) is -0.261. The summed E-state index contributed by atoms with van der Waals surface area (Å²) in [6.07, 6.45) is 0. The lowest BCUT2D eigenvalue weighted by Gasteiger charge is -2.47. The number of ether oxygens (including phenoxy) is 1. The van der Waals surface area contributed by atoms with E-state index in [1.165, 1.54) is 0 Å². The number of benzene rings is 2. The zero-order valence-electron chi connectivity index (χ0n) is 18.4. The van der Waals surface area contributed by atoms with Crippen molar-refractivity contribution in [1.29, 1.82) is 0 Å². The Labute approximate surface area is 193 Å². The first kappa shape index (κ1) is 21.6. The van der Waals surface area contributed by atoms with E-state index in [9.17, 15) is 14.4 Å². The molecule has 1 unspecified atom stereocenters. The van der Waals surface area contributed by atoms with Crippen LogP contribution in [0, 0.1) is 0 Å². The molecule has 2 aromatic carbocycles. The zero-order chi connectivity index (χ0) is 22.8. The molecule has 0 spiro atoms. The summed E-state index contributed by atoms with van der Waals surface area (Å²) in [7, 11) is 0. The second-order valence-corrected chi connectivity index (χ2v) is 8.65. The number of hydrogen-bond acceptors (Lipinski definition) is 5. The number of rotatable bonds is 4. The van der Waals surface area contributed by atoms with Crippen molar-refractivity contribution in [2.24, 2.45) is 0 Å². The highest BCUT2D eigenvalue weighted by Crippen LogP contribution is 2.30. The van der Waals surface area contributed by atoms with Gasteiger partial charge in [0.05, 0.1) is 13.2 Å². The molecule has 172 valence electrons. The molecule has 3 amide bonds. The number of fused-ring (bicyclic) bond motifs is 1. The average Bonchev–Trinajstić information content (AvgIpc) is 2.88. The fourth-order valence-corrected chi connectivity index (χ4v) is 4.97. The SMILES string of the molecule is O=C1N[C@@H](c2ccccc2)C(=O)N2CCN(C(C(=O)N3CCOCC3)c3ccccc3)C[C@H]12. The number of amides is 3. The van der Waals surface area contributed by atoms with Crippen LogP contribution in [0.3, 0.4) is 0 Å². The monoisotopic (exact) mass is 448 g/mol. The van der Waals surface area contributed by atoms with E-state index in [4.69, 9.17) is 4.74 Å². The van der Waals surface area contributed by atoms with Crippen molar-refractivity contribution in [2.45, 2.75) is 18.1 Å². The molecule has 3 aliphatic rings. The normalized spacial score (nSPS) is 24.7. The van der Waals surface area contributed by atoms with Gasteiger partial charge in [0.25, 0.3) is 5.91 Å². The van der Waals surface area contributed by atoms with Crippen LogP contribution in [-0.2, 0) is 19.1 Å². The molecule has 0 aromatic heterocycles. The maximum Gasteiger partial charge on any atom is 0.250 e. The number of carbonyl (C=O) groups excluding carboxylic acids is 3. The molecule has 3 fully saturated rings. The van der Waals surface area contributed by atoms with Crippen molar-refractivity contribution in [3.8, 4) is 0 Å². The van der Waals surface area contributed by atoms with Crippen LogP contribution >= 0.6 is 0 Å². The van der Waals surface area contributed by atoms with Crippen molar-refractivity contribution in [1.82, 2.24) is 20.0 Å². The number of nitrogens with one attached hydrogen (secondary N) is 1. The minimum absolute atomic E-state index is 0.0163. The van der Waals surface area contributed by atoms with Crippen LogP contribution in [0.15, 0.2) is 60.7 Å². The molecule has 3 aliphatic heterocycles. The first-order valence-corrected chi connectivity index (χ1v) is 11.4. The quantitative estimate of drug-likeness (QED) is 0.754. The van der Waals surface area contributed by atoms with Crippen molar-refractivity contribution in [3.63, 3.8) is 0 Å². The van der Waals surface area contributed by atoms with E-state index in [0.29, 0.717) is 45.9 Å². The van der Waals surface area contributed by atoms with Gasteiger partial charge in [-0.25, -0.2) is 0 Å². The van der Waals surface area contributed by atoms with E-state index in [0.717, 1.165) is 11.1 Å². The van der Waals surface area contributed by atoms with E-state index in [-0.39, 0.29) is 17.7 Å². The Morgan fingerprint density at radius 1 is 0.909 bits per heavy atom. The molecule has 8 nitrogen and oxygen atoms in total. The fourth-order valence-electron chi connectivity index (χ4n) is 4.97. The van der Waals surface area contributed by atoms with Gasteiger partial charge in [0.2, 0.25) is 11.8 Å². The second-order valence-electron chi connectivity index (χ2n) is 8.65. The Bertz CT molecular complexity index is 1010. The third-order valence-corrected chi connectivity index (χ3v) is 6.70. The Morgan fingerprint density at radius 3 is 2.27 bits per heavy atom. The van der Waals surface area contributed by atoms with Gasteiger partial charge in [-0.3, -0.25) is 19.3 Å². The molecule has 0 radical (unpaired) electrons. The summed E-state index contributed by atoms with van der Waals surface area (Å²) in [6.45, 7) is 3.41. The first-order chi connectivity index (χ1) is 16.1. The predicted octanol–water partition coefficient (Wildman–Crippen LogP) is 0.970. The predicted molar refractivity (Wildman–Crippen MR) is 121 cm³/mol. The first-order valence-electron chi connectivity index (χ1n) is 11.4. The lowest BCUT2D eigenvalue weighted by atomic mass is 9.96. The molecule has 0 bridgehead atoms. The van der Waals surface area contributed by atoms with Gasteiger partial charge in [-0.1, -0.05) is 60.7 Å². The van der Waals surface area contributed by atoms with Crippen LogP contribution in [0.2, 0.25) is 0 Å². The van der Waals surface area contributed by atoms with Crippen molar-refractivity contribution < 1.29 is 19.1 Å². The molecule has 5 rings (SSSR count). The smallest absolute Gasteiger partial charge is 0.250 e. The van der Waals surface area contributed by atoms with Gasteiger partial charge in [-0.2, -0.15) is 0 Å². The van der Waals surface area contributed by atoms with Gasteiger partial charge >= 0.3 is 0 Å². The molecule has 3 atom stereocenters. The van der Waals surface area contributed by atoms with Crippen LogP contribution in [0.5, 0.6) is 0 Å². The van der Waals surface area contributed by atoms with Gasteiger partial charge in [0, 0.05) is 32.7 Å². The number of piperazine rings is 2. The minimum Gasteiger partial charge on any atom is -0.378 e. The van der Waals surface area contributed by atoms with Crippen LogP contribution in [0.25, 0.3) is 0 Å². The Morgan fingerprint density at radius 2 is 1.58 bits per heavy atom. The van der Waals surface area contributed by atoms with Gasteiger partial charge in [-0.15, -0.1) is 0 Å². The summed E-state index contributed by atoms with van der Waals surface area (Å²) >= 11 is 0. The maximum absolute atomic E-state index is 13.6. The summed E-state index contributed by atoms with van der Waals surface area (Å²) in [5, 5.41) is 2.90. The van der Waals surface area contributed by atoms with Gasteiger partial charge in [0.1, 0.15) is 18.1 Å². The highest BCUT2D eigenvalue weighted by Gasteiger charge is 2.46. The van der Waals surface area contributed by atoms with Crippen molar-refractivity contribution in [3.05, 3.63) is 71.8 Å². The summed E-state index contributed by atoms with van der Waals surface area (Å²) < 4.78 is 5.42. The van der Waals surface area contributed by atoms with Gasteiger partial charge < -0.3 is 19.9 Å². The molecule has 1 N–H and O–H groups in total. The highest BCUT2D eigenvalue weighted by molar-refractivity contribution is 5.98. The van der Waals surface area contributed by atoms with E-state index in [1.54, 1.807) is 4.90 Å². The number of nitrogens with zero attached hydrogens (tertiary/aromatic N) is 3.